The summed E-state index contributed by atoms with van der Waals surface area (Å²) in [5, 5.41) is 0. The van der Waals surface area contributed by atoms with Crippen LogP contribution in [0.3, 0.4) is 0 Å². The molecule has 8 heteroatoms. The van der Waals surface area contributed by atoms with Crippen LogP contribution >= 0.6 is 0 Å². The van der Waals surface area contributed by atoms with Gasteiger partial charge in [-0.25, -0.2) is 4.79 Å². The predicted octanol–water partition coefficient (Wildman–Crippen LogP) is 5.29. The van der Waals surface area contributed by atoms with Gasteiger partial charge in [0.15, 0.2) is 11.5 Å². The van der Waals surface area contributed by atoms with E-state index in [1.807, 2.05) is 45.9 Å². The highest BCUT2D eigenvalue weighted by molar-refractivity contribution is 5.74. The number of nitrogens with zero attached hydrogens (tertiary/aromatic N) is 1. The molecule has 1 aliphatic heterocycles. The number of hydrogen-bond acceptors (Lipinski definition) is 8. The van der Waals surface area contributed by atoms with Gasteiger partial charge in [-0.1, -0.05) is 26.8 Å². The zero-order valence-electron chi connectivity index (χ0n) is 23.0. The fraction of sp³-hybridized carbons (Fsp3) is 0.714. The van der Waals surface area contributed by atoms with Crippen molar-refractivity contribution in [3.63, 3.8) is 0 Å². The van der Waals surface area contributed by atoms with Crippen molar-refractivity contribution in [2.45, 2.75) is 84.7 Å². The van der Waals surface area contributed by atoms with E-state index in [4.69, 9.17) is 23.7 Å². The summed E-state index contributed by atoms with van der Waals surface area (Å²) < 4.78 is 28.7. The van der Waals surface area contributed by atoms with Crippen LogP contribution in [-0.2, 0) is 23.8 Å². The maximum Gasteiger partial charge on any atom is 0.309 e. The molecule has 0 aliphatic carbocycles. The molecule has 0 N–H and O–H groups in total. The Balaban J connectivity index is 2.39. The number of benzene rings is 1. The second kappa shape index (κ2) is 13.8. The molecular formula is C28H43NO7. The van der Waals surface area contributed by atoms with E-state index in [1.54, 1.807) is 20.3 Å². The van der Waals surface area contributed by atoms with Gasteiger partial charge in [-0.2, -0.15) is 4.99 Å². The summed E-state index contributed by atoms with van der Waals surface area (Å²) in [5.41, 5.74) is 0.392. The molecule has 2 unspecified atom stereocenters. The highest BCUT2D eigenvalue weighted by Gasteiger charge is 2.41. The van der Waals surface area contributed by atoms with Crippen molar-refractivity contribution in [1.29, 1.82) is 0 Å². The molecule has 36 heavy (non-hydrogen) atoms. The van der Waals surface area contributed by atoms with Crippen molar-refractivity contribution in [2.24, 2.45) is 22.7 Å². The fourth-order valence-corrected chi connectivity index (χ4v) is 4.60. The van der Waals surface area contributed by atoms with Crippen LogP contribution in [0, 0.1) is 17.8 Å². The van der Waals surface area contributed by atoms with Crippen molar-refractivity contribution >= 4 is 12.0 Å². The van der Waals surface area contributed by atoms with E-state index >= 15 is 0 Å². The minimum Gasteiger partial charge on any atom is -0.493 e. The zero-order chi connectivity index (χ0) is 26.9. The second-order valence-electron chi connectivity index (χ2n) is 10.8. The van der Waals surface area contributed by atoms with Gasteiger partial charge >= 0.3 is 5.97 Å². The number of rotatable bonds is 14. The third kappa shape index (κ3) is 8.61. The molecule has 1 aromatic rings. The van der Waals surface area contributed by atoms with Crippen molar-refractivity contribution in [1.82, 2.24) is 0 Å². The smallest absolute Gasteiger partial charge is 0.309 e. The van der Waals surface area contributed by atoms with Crippen LogP contribution in [0.1, 0.15) is 72.4 Å². The van der Waals surface area contributed by atoms with Crippen molar-refractivity contribution in [3.05, 3.63) is 23.8 Å². The number of cyclic esters (lactones) is 1. The van der Waals surface area contributed by atoms with E-state index in [2.05, 4.69) is 18.8 Å². The van der Waals surface area contributed by atoms with Gasteiger partial charge in [0.05, 0.1) is 37.4 Å². The van der Waals surface area contributed by atoms with Crippen LogP contribution in [0.4, 0.5) is 0 Å². The monoisotopic (exact) mass is 505 g/mol. The van der Waals surface area contributed by atoms with Crippen LogP contribution in [-0.4, -0.2) is 57.3 Å². The summed E-state index contributed by atoms with van der Waals surface area (Å²) in [6.45, 7) is 13.1. The standard InChI is InChI=1S/C28H43NO7/c1-18(2)21(16-25(36-28(4,5)6)24-14-19(3)27(31)35-24)26(29-17-30)20-10-11-22(33-8)23(15-20)34-13-9-12-32-7/h10-11,15,18-19,21,24-26H,9,12-14,16H2,1-8H3/t19-,21+,24?,25+,26?/m1/s1. The lowest BCUT2D eigenvalue weighted by Crippen LogP contribution is -2.39. The van der Waals surface area contributed by atoms with Crippen LogP contribution in [0.15, 0.2) is 23.2 Å². The molecule has 8 nitrogen and oxygen atoms in total. The maximum absolute atomic E-state index is 12.2. The summed E-state index contributed by atoms with van der Waals surface area (Å²) in [5.74, 6) is 0.898. The Kier molecular flexibility index (Phi) is 11.4. The van der Waals surface area contributed by atoms with Gasteiger partial charge in [0, 0.05) is 20.1 Å². The van der Waals surface area contributed by atoms with Crippen LogP contribution in [0.5, 0.6) is 11.5 Å². The predicted molar refractivity (Wildman–Crippen MR) is 137 cm³/mol. The number of aliphatic imine (C=N–C) groups is 1. The molecular weight excluding hydrogens is 462 g/mol. The van der Waals surface area contributed by atoms with E-state index in [1.165, 1.54) is 0 Å². The Labute approximate surface area is 215 Å². The second-order valence-corrected chi connectivity index (χ2v) is 10.8. The van der Waals surface area contributed by atoms with E-state index in [0.717, 1.165) is 12.0 Å². The molecule has 1 aromatic carbocycles. The minimum atomic E-state index is -0.477. The SMILES string of the molecule is COCCCOc1cc(C(N=C=O)[C@@H](C[C@H](OC(C)(C)C)C2C[C@@H](C)C(=O)O2)C(C)C)ccc1OC. The first kappa shape index (κ1) is 29.8. The van der Waals surface area contributed by atoms with Gasteiger partial charge in [-0.3, -0.25) is 4.79 Å². The Morgan fingerprint density at radius 2 is 1.89 bits per heavy atom. The highest BCUT2D eigenvalue weighted by atomic mass is 16.6. The first-order valence-corrected chi connectivity index (χ1v) is 12.8. The Hall–Kier alpha value is -2.41. The summed E-state index contributed by atoms with van der Waals surface area (Å²) in [6, 6.07) is 5.13. The topological polar surface area (TPSA) is 92.7 Å². The van der Waals surface area contributed by atoms with Gasteiger partial charge in [-0.05, 0) is 63.1 Å². The lowest BCUT2D eigenvalue weighted by Gasteiger charge is -2.36. The molecule has 5 atom stereocenters. The number of carbonyl (C=O) groups excluding carboxylic acids is 2. The van der Waals surface area contributed by atoms with E-state index in [9.17, 15) is 9.59 Å². The highest BCUT2D eigenvalue weighted by Crippen LogP contribution is 2.41. The molecule has 1 fully saturated rings. The Morgan fingerprint density at radius 3 is 2.42 bits per heavy atom. The number of isocyanates is 1. The number of ether oxygens (including phenoxy) is 5. The molecule has 0 amide bonds. The molecule has 0 saturated carbocycles. The Bertz CT molecular complexity index is 888. The van der Waals surface area contributed by atoms with Gasteiger partial charge in [0.2, 0.25) is 6.08 Å². The normalized spacial score (nSPS) is 20.4. The van der Waals surface area contributed by atoms with Crippen molar-refractivity contribution < 1.29 is 33.3 Å². The van der Waals surface area contributed by atoms with E-state index < -0.39 is 11.6 Å². The molecule has 0 bridgehead atoms. The third-order valence-electron chi connectivity index (χ3n) is 6.41. The minimum absolute atomic E-state index is 0.0804. The molecule has 1 heterocycles. The van der Waals surface area contributed by atoms with Crippen LogP contribution in [0.2, 0.25) is 0 Å². The van der Waals surface area contributed by atoms with Gasteiger partial charge < -0.3 is 23.7 Å². The van der Waals surface area contributed by atoms with Crippen LogP contribution < -0.4 is 9.47 Å². The Morgan fingerprint density at radius 1 is 1.17 bits per heavy atom. The summed E-state index contributed by atoms with van der Waals surface area (Å²) >= 11 is 0. The fourth-order valence-electron chi connectivity index (χ4n) is 4.60. The molecule has 2 rings (SSSR count). The summed E-state index contributed by atoms with van der Waals surface area (Å²) in [7, 11) is 3.24. The third-order valence-corrected chi connectivity index (χ3v) is 6.41. The summed E-state index contributed by atoms with van der Waals surface area (Å²) in [6.07, 6.45) is 3.00. The van der Waals surface area contributed by atoms with Gasteiger partial charge in [-0.15, -0.1) is 0 Å². The lowest BCUT2D eigenvalue weighted by atomic mass is 9.79. The number of hydrogen-bond donors (Lipinski definition) is 0. The van der Waals surface area contributed by atoms with Crippen molar-refractivity contribution in [2.75, 3.05) is 27.4 Å². The first-order valence-electron chi connectivity index (χ1n) is 12.8. The van der Waals surface area contributed by atoms with E-state index in [-0.39, 0.29) is 35.9 Å². The quantitative estimate of drug-likeness (QED) is 0.147. The lowest BCUT2D eigenvalue weighted by molar-refractivity contribution is -0.158. The maximum atomic E-state index is 12.2. The molecule has 0 radical (unpaired) electrons. The molecule has 0 spiro atoms. The zero-order valence-corrected chi connectivity index (χ0v) is 23.0. The molecule has 0 aromatic heterocycles. The number of methoxy groups -OCH3 is 2. The average molecular weight is 506 g/mol. The van der Waals surface area contributed by atoms with Gasteiger partial charge in [0.1, 0.15) is 6.10 Å². The number of esters is 1. The summed E-state index contributed by atoms with van der Waals surface area (Å²) in [4.78, 5) is 28.0. The number of carbonyl (C=O) groups is 1. The molecule has 202 valence electrons. The van der Waals surface area contributed by atoms with Crippen LogP contribution in [0.25, 0.3) is 0 Å². The van der Waals surface area contributed by atoms with E-state index in [0.29, 0.717) is 37.6 Å². The largest absolute Gasteiger partial charge is 0.493 e. The van der Waals surface area contributed by atoms with Gasteiger partial charge in [0.25, 0.3) is 0 Å². The van der Waals surface area contributed by atoms with Crippen molar-refractivity contribution in [3.8, 4) is 11.5 Å². The molecule has 1 aliphatic rings. The average Bonchev–Trinajstić information content (AvgIpc) is 3.15. The molecule has 1 saturated heterocycles. The first-order chi connectivity index (χ1) is 17.0.